The van der Waals surface area contributed by atoms with Crippen LogP contribution < -0.4 is 21.7 Å². The number of aliphatic hydroxyl groups is 1. The summed E-state index contributed by atoms with van der Waals surface area (Å²) in [4.78, 5) is 37.0. The van der Waals surface area contributed by atoms with Crippen molar-refractivity contribution in [3.8, 4) is 0 Å². The lowest BCUT2D eigenvalue weighted by molar-refractivity contribution is 0.148. The third-order valence-electron chi connectivity index (χ3n) is 11.2. The lowest BCUT2D eigenvalue weighted by atomic mass is 10.1. The van der Waals surface area contributed by atoms with E-state index in [0.717, 1.165) is 58.2 Å². The number of hydrogen-bond donors (Lipinski definition) is 5. The van der Waals surface area contributed by atoms with Crippen LogP contribution in [0.1, 0.15) is 38.8 Å². The minimum Gasteiger partial charge on any atom is -0.454 e. The molecule has 3 saturated carbocycles. The van der Waals surface area contributed by atoms with Crippen LogP contribution in [0, 0.1) is 35.0 Å². The fourth-order valence-corrected chi connectivity index (χ4v) is 8.28. The molecule has 54 heavy (non-hydrogen) atoms. The van der Waals surface area contributed by atoms with Crippen molar-refractivity contribution in [1.82, 2.24) is 25.8 Å². The van der Waals surface area contributed by atoms with Gasteiger partial charge in [0.1, 0.15) is 0 Å². The fraction of sp³-hybridized carbons (Fsp3) is 0.625. The second kappa shape index (κ2) is 21.0. The molecule has 0 aromatic heterocycles. The molecule has 0 radical (unpaired) electrons. The van der Waals surface area contributed by atoms with Gasteiger partial charge in [-0.3, -0.25) is 9.80 Å². The number of benzene rings is 2. The maximum Gasteiger partial charge on any atom is 0.407 e. The molecule has 300 valence electrons. The molecule has 14 heteroatoms. The van der Waals surface area contributed by atoms with Gasteiger partial charge in [-0.15, -0.1) is 0 Å². The van der Waals surface area contributed by atoms with Crippen LogP contribution in [-0.2, 0) is 27.3 Å². The maximum atomic E-state index is 11.4. The van der Waals surface area contributed by atoms with Gasteiger partial charge in [0.15, 0.2) is 0 Å². The van der Waals surface area contributed by atoms with Crippen LogP contribution in [0.4, 0.5) is 14.4 Å². The Kier molecular flexibility index (Phi) is 16.8. The molecule has 0 spiro atoms. The Balaban J connectivity index is 0.000000167. The lowest BCUT2D eigenvalue weighted by Crippen LogP contribution is -2.35. The van der Waals surface area contributed by atoms with Crippen LogP contribution >= 0.6 is 11.6 Å². The number of amides is 2. The Hall–Kier alpha value is -3.46. The molecule has 6 N–H and O–H groups in total. The van der Waals surface area contributed by atoms with Crippen molar-refractivity contribution in [2.45, 2.75) is 58.9 Å². The lowest BCUT2D eigenvalue weighted by Gasteiger charge is -2.19. The number of halogens is 1. The molecule has 3 saturated heterocycles. The number of ether oxygens (including phenoxy) is 3. The zero-order valence-electron chi connectivity index (χ0n) is 32.4. The Bertz CT molecular complexity index is 1440. The summed E-state index contributed by atoms with van der Waals surface area (Å²) in [5, 5.41) is 16.2. The van der Waals surface area contributed by atoms with Crippen LogP contribution in [0.25, 0.3) is 0 Å². The molecule has 2 amide bonds. The number of likely N-dealkylation sites (tertiary alicyclic amines) is 2. The second-order valence-corrected chi connectivity index (χ2v) is 15.0. The summed E-state index contributed by atoms with van der Waals surface area (Å²) in [6.45, 7) is 17.5. The third-order valence-corrected chi connectivity index (χ3v) is 11.3. The third kappa shape index (κ3) is 12.3. The summed E-state index contributed by atoms with van der Waals surface area (Å²) in [7, 11) is 1.00. The molecule has 2 unspecified atom stereocenters. The van der Waals surface area contributed by atoms with E-state index in [2.05, 4.69) is 92.0 Å². The maximum absolute atomic E-state index is 11.4. The van der Waals surface area contributed by atoms with Crippen molar-refractivity contribution in [2.24, 2.45) is 40.7 Å². The number of carbonyl (C=O) groups excluding carboxylic acids is 3. The van der Waals surface area contributed by atoms with Crippen LogP contribution in [0.5, 0.6) is 0 Å². The van der Waals surface area contributed by atoms with Crippen molar-refractivity contribution < 1.29 is 33.7 Å². The van der Waals surface area contributed by atoms with Gasteiger partial charge >= 0.3 is 17.6 Å². The normalized spacial score (nSPS) is 30.2. The molecule has 8 rings (SSSR count). The molecule has 3 heterocycles. The second-order valence-electron chi connectivity index (χ2n) is 14.7. The van der Waals surface area contributed by atoms with Gasteiger partial charge in [0, 0.05) is 101 Å². The molecular formula is C40H61ClN6O7. The number of nitrogens with one attached hydrogen (secondary N) is 3. The number of rotatable bonds is 9. The average Bonchev–Trinajstić information content (AvgIpc) is 3.84. The Morgan fingerprint density at radius 1 is 0.778 bits per heavy atom. The molecule has 3 aliphatic carbocycles. The van der Waals surface area contributed by atoms with E-state index in [-0.39, 0.29) is 17.6 Å². The van der Waals surface area contributed by atoms with Crippen molar-refractivity contribution >= 4 is 29.2 Å². The predicted molar refractivity (Wildman–Crippen MR) is 209 cm³/mol. The summed E-state index contributed by atoms with van der Waals surface area (Å²) in [5.74, 6) is 3.45. The first kappa shape index (κ1) is 43.3. The van der Waals surface area contributed by atoms with Gasteiger partial charge in [-0.25, -0.2) is 14.4 Å². The smallest absolute Gasteiger partial charge is 0.407 e. The number of nitrogens with zero attached hydrogens (tertiary/aromatic N) is 2. The molecule has 9 atom stereocenters. The van der Waals surface area contributed by atoms with E-state index >= 15 is 0 Å². The molecule has 6 fully saturated rings. The number of nitrogens with two attached hydrogens (primary N) is 1. The van der Waals surface area contributed by atoms with E-state index < -0.39 is 5.43 Å². The number of fused-ring (bicyclic) bond motifs is 3. The molecule has 0 bridgehead atoms. The summed E-state index contributed by atoms with van der Waals surface area (Å²) >= 11 is 4.72. The van der Waals surface area contributed by atoms with Gasteiger partial charge in [-0.2, -0.15) is 0 Å². The highest BCUT2D eigenvalue weighted by Crippen LogP contribution is 2.54. The standard InChI is InChI=1S/C15H20N2O2.C12H16N2.C9H16N2O2.C3H5ClO2.CH4O/c1-2-19-15(18)16-14-12-9-17(10-13(12)14)8-11-6-4-3-5-7-11;13-12-10-7-14(8-11(10)12)6-9-4-2-1-3-5-9;1-3-13-8(12)11-7-6-4-10-5-9(6,7)2;1-2-6-3(4)5;1-2/h3-7,12-14H,2,8-10H2,1H3,(H,16,18);1-5,10-12H,6-8,13H2;6-7,10H,3-5H2,1-2H3,(H,11,12);2H2,1H3;2H,1H3/t12-,13+,14?;10-,11+,12?;6-,7-,9-;;/m..1../s1. The molecule has 13 nitrogen and oxygen atoms in total. The van der Waals surface area contributed by atoms with Crippen LogP contribution in [0.2, 0.25) is 0 Å². The fourth-order valence-electron chi connectivity index (χ4n) is 8.17. The first-order valence-electron chi connectivity index (χ1n) is 19.2. The summed E-state index contributed by atoms with van der Waals surface area (Å²) in [6, 6.07) is 22.4. The van der Waals surface area contributed by atoms with Crippen molar-refractivity contribution in [3.05, 3.63) is 71.8 Å². The largest absolute Gasteiger partial charge is 0.454 e. The molecule has 2 aromatic rings. The number of piperidine rings is 3. The average molecular weight is 773 g/mol. The van der Waals surface area contributed by atoms with E-state index in [9.17, 15) is 14.4 Å². The molecule has 6 aliphatic rings. The van der Waals surface area contributed by atoms with Gasteiger partial charge in [0.2, 0.25) is 0 Å². The van der Waals surface area contributed by atoms with E-state index in [4.69, 9.17) is 31.9 Å². The van der Waals surface area contributed by atoms with E-state index in [1.165, 1.54) is 24.2 Å². The van der Waals surface area contributed by atoms with Gasteiger partial charge in [0.25, 0.3) is 0 Å². The first-order valence-corrected chi connectivity index (χ1v) is 19.6. The molecule has 3 aliphatic heterocycles. The van der Waals surface area contributed by atoms with E-state index in [1.54, 1.807) is 6.92 Å². The zero-order valence-corrected chi connectivity index (χ0v) is 33.2. The SMILES string of the molecule is CCOC(=O)Cl.CCOC(=O)NC1[C@H]2CN(Cc3ccccc3)C[C@@H]12.CCOC(=O)N[C@@H]1[C@H]2CNC[C@]21C.CO.NC1[C@H]2CN(Cc3ccccc3)C[C@@H]12. The number of aliphatic hydroxyl groups excluding tert-OH is 1. The molecule has 2 aromatic carbocycles. The van der Waals surface area contributed by atoms with E-state index in [0.29, 0.717) is 55.7 Å². The number of alkyl carbamates (subject to hydrolysis) is 2. The minimum atomic E-state index is -0.738. The monoisotopic (exact) mass is 772 g/mol. The summed E-state index contributed by atoms with van der Waals surface area (Å²) in [5.41, 5.74) is 8.23. The zero-order chi connectivity index (χ0) is 39.3. The van der Waals surface area contributed by atoms with Gasteiger partial charge in [-0.1, -0.05) is 67.6 Å². The predicted octanol–water partition coefficient (Wildman–Crippen LogP) is 4.27. The first-order chi connectivity index (χ1) is 26.1. The van der Waals surface area contributed by atoms with Gasteiger partial charge in [-0.05, 0) is 55.6 Å². The molecular weight excluding hydrogens is 712 g/mol. The van der Waals surface area contributed by atoms with Crippen LogP contribution in [0.15, 0.2) is 60.7 Å². The number of carbonyl (C=O) groups is 3. The minimum absolute atomic E-state index is 0.267. The van der Waals surface area contributed by atoms with Gasteiger partial charge < -0.3 is 41.0 Å². The quantitative estimate of drug-likeness (QED) is 0.183. The van der Waals surface area contributed by atoms with Crippen molar-refractivity contribution in [1.29, 1.82) is 0 Å². The highest BCUT2D eigenvalue weighted by molar-refractivity contribution is 6.61. The Morgan fingerprint density at radius 3 is 1.61 bits per heavy atom. The Labute approximate surface area is 325 Å². The van der Waals surface area contributed by atoms with E-state index in [1.807, 2.05) is 19.9 Å². The summed E-state index contributed by atoms with van der Waals surface area (Å²) < 4.78 is 13.9. The van der Waals surface area contributed by atoms with Gasteiger partial charge in [0.05, 0.1) is 19.8 Å². The summed E-state index contributed by atoms with van der Waals surface area (Å²) in [6.07, 6.45) is -0.542. The van der Waals surface area contributed by atoms with Crippen LogP contribution in [0.3, 0.4) is 0 Å². The topological polar surface area (TPSA) is 168 Å². The highest BCUT2D eigenvalue weighted by Gasteiger charge is 2.64. The highest BCUT2D eigenvalue weighted by atomic mass is 35.5. The number of hydrogen-bond acceptors (Lipinski definition) is 11. The Morgan fingerprint density at radius 2 is 1.22 bits per heavy atom. The van der Waals surface area contributed by atoms with Crippen molar-refractivity contribution in [2.75, 3.05) is 66.2 Å². The van der Waals surface area contributed by atoms with Crippen molar-refractivity contribution in [3.63, 3.8) is 0 Å². The van der Waals surface area contributed by atoms with Crippen LogP contribution in [-0.4, -0.2) is 117 Å².